The number of piperidine rings is 1. The number of rotatable bonds is 5. The fourth-order valence-corrected chi connectivity index (χ4v) is 3.95. The summed E-state index contributed by atoms with van der Waals surface area (Å²) in [5, 5.41) is 0.884. The van der Waals surface area contributed by atoms with Crippen LogP contribution in [-0.2, 0) is 9.53 Å². The molecule has 1 aliphatic rings. The highest BCUT2D eigenvalue weighted by molar-refractivity contribution is 5.86. The van der Waals surface area contributed by atoms with Gasteiger partial charge in [-0.15, -0.1) is 13.2 Å². The molecule has 5 nitrogen and oxygen atoms in total. The van der Waals surface area contributed by atoms with Gasteiger partial charge in [0.2, 0.25) is 0 Å². The largest absolute Gasteiger partial charge is 0.573 e. The minimum absolute atomic E-state index is 0.0636. The molecule has 0 radical (unpaired) electrons. The van der Waals surface area contributed by atoms with E-state index in [4.69, 9.17) is 9.72 Å². The summed E-state index contributed by atoms with van der Waals surface area (Å²) < 4.78 is 46.7. The van der Waals surface area contributed by atoms with E-state index >= 15 is 0 Å². The van der Waals surface area contributed by atoms with Crippen LogP contribution in [-0.4, -0.2) is 37.0 Å². The van der Waals surface area contributed by atoms with Crippen molar-refractivity contribution in [2.75, 3.05) is 24.6 Å². The molecule has 32 heavy (non-hydrogen) atoms. The Labute approximate surface area is 183 Å². The molecule has 1 fully saturated rings. The number of hydrogen-bond donors (Lipinski definition) is 0. The third-order valence-electron chi connectivity index (χ3n) is 5.51. The Morgan fingerprint density at radius 3 is 2.53 bits per heavy atom. The van der Waals surface area contributed by atoms with E-state index in [0.717, 1.165) is 48.2 Å². The summed E-state index contributed by atoms with van der Waals surface area (Å²) in [5.74, 6) is 0.394. The first-order valence-corrected chi connectivity index (χ1v) is 10.5. The number of hydrogen-bond acceptors (Lipinski definition) is 5. The first-order valence-electron chi connectivity index (χ1n) is 10.5. The van der Waals surface area contributed by atoms with Gasteiger partial charge in [0.25, 0.3) is 0 Å². The Bertz CT molecular complexity index is 1110. The normalized spacial score (nSPS) is 15.1. The SMILES string of the molecule is CCOC(=O)C1CCN(c2ccc3cc(-c4cccc(OC(F)(F)F)c4)ccc3n2)CC1. The maximum Gasteiger partial charge on any atom is 0.573 e. The van der Waals surface area contributed by atoms with E-state index < -0.39 is 6.36 Å². The van der Waals surface area contributed by atoms with Crippen molar-refractivity contribution in [3.05, 3.63) is 54.6 Å². The molecule has 8 heteroatoms. The monoisotopic (exact) mass is 444 g/mol. The molecule has 0 N–H and O–H groups in total. The Balaban J connectivity index is 1.50. The first-order chi connectivity index (χ1) is 15.3. The van der Waals surface area contributed by atoms with Gasteiger partial charge in [-0.2, -0.15) is 0 Å². The smallest absolute Gasteiger partial charge is 0.466 e. The molecule has 0 atom stereocenters. The second-order valence-electron chi connectivity index (χ2n) is 7.67. The van der Waals surface area contributed by atoms with Crippen LogP contribution in [0.15, 0.2) is 54.6 Å². The van der Waals surface area contributed by atoms with Crippen LogP contribution in [0.1, 0.15) is 19.8 Å². The minimum Gasteiger partial charge on any atom is -0.466 e. The van der Waals surface area contributed by atoms with Crippen LogP contribution in [0.4, 0.5) is 19.0 Å². The number of carbonyl (C=O) groups is 1. The Kier molecular flexibility index (Phi) is 6.21. The summed E-state index contributed by atoms with van der Waals surface area (Å²) >= 11 is 0. The molecular formula is C24H23F3N2O3. The number of nitrogens with zero attached hydrogens (tertiary/aromatic N) is 2. The Hall–Kier alpha value is -3.29. The third kappa shape index (κ3) is 5.12. The summed E-state index contributed by atoms with van der Waals surface area (Å²) in [6.07, 6.45) is -3.27. The van der Waals surface area contributed by atoms with Crippen molar-refractivity contribution in [1.82, 2.24) is 4.98 Å². The van der Waals surface area contributed by atoms with E-state index in [1.54, 1.807) is 6.07 Å². The van der Waals surface area contributed by atoms with Gasteiger partial charge in [0.1, 0.15) is 11.6 Å². The van der Waals surface area contributed by atoms with Gasteiger partial charge in [0.05, 0.1) is 18.0 Å². The number of alkyl halides is 3. The lowest BCUT2D eigenvalue weighted by Gasteiger charge is -2.31. The molecule has 1 aliphatic heterocycles. The molecule has 168 valence electrons. The molecule has 3 aromatic rings. The highest BCUT2D eigenvalue weighted by Gasteiger charge is 2.31. The molecule has 1 saturated heterocycles. The zero-order valence-electron chi connectivity index (χ0n) is 17.6. The first kappa shape index (κ1) is 21.9. The standard InChI is InChI=1S/C24H23F3N2O3/c1-2-31-23(30)16-10-12-29(13-11-16)22-9-7-19-14-18(6-8-21(19)28-22)17-4-3-5-20(15-17)32-24(25,26)27/h3-9,14-16H,2,10-13H2,1H3. The van der Waals surface area contributed by atoms with Crippen molar-refractivity contribution >= 4 is 22.7 Å². The maximum atomic E-state index is 12.5. The summed E-state index contributed by atoms with van der Waals surface area (Å²) in [6.45, 7) is 3.66. The number of carbonyl (C=O) groups excluding carboxylic acids is 1. The summed E-state index contributed by atoms with van der Waals surface area (Å²) in [5.41, 5.74) is 2.19. The number of pyridine rings is 1. The lowest BCUT2D eigenvalue weighted by molar-refractivity contribution is -0.274. The van der Waals surface area contributed by atoms with Crippen molar-refractivity contribution in [2.24, 2.45) is 5.92 Å². The summed E-state index contributed by atoms with van der Waals surface area (Å²) in [6, 6.07) is 15.4. The highest BCUT2D eigenvalue weighted by atomic mass is 19.4. The minimum atomic E-state index is -4.73. The van der Waals surface area contributed by atoms with E-state index in [9.17, 15) is 18.0 Å². The molecule has 1 aromatic heterocycles. The Morgan fingerprint density at radius 1 is 1.06 bits per heavy atom. The van der Waals surface area contributed by atoms with Crippen molar-refractivity contribution in [2.45, 2.75) is 26.1 Å². The van der Waals surface area contributed by atoms with Crippen molar-refractivity contribution < 1.29 is 27.4 Å². The zero-order valence-corrected chi connectivity index (χ0v) is 17.6. The van der Waals surface area contributed by atoms with Gasteiger partial charge in [-0.1, -0.05) is 18.2 Å². The molecule has 0 amide bonds. The maximum absolute atomic E-state index is 12.5. The van der Waals surface area contributed by atoms with Gasteiger partial charge in [0, 0.05) is 18.5 Å². The number of ether oxygens (including phenoxy) is 2. The van der Waals surface area contributed by atoms with E-state index in [0.29, 0.717) is 12.2 Å². The number of anilines is 1. The second-order valence-corrected chi connectivity index (χ2v) is 7.67. The third-order valence-corrected chi connectivity index (χ3v) is 5.51. The van der Waals surface area contributed by atoms with E-state index in [1.165, 1.54) is 18.2 Å². The van der Waals surface area contributed by atoms with E-state index in [2.05, 4.69) is 9.64 Å². The molecule has 0 saturated carbocycles. The quantitative estimate of drug-likeness (QED) is 0.481. The van der Waals surface area contributed by atoms with Crippen molar-refractivity contribution in [1.29, 1.82) is 0 Å². The fourth-order valence-electron chi connectivity index (χ4n) is 3.95. The average Bonchev–Trinajstić information content (AvgIpc) is 2.78. The van der Waals surface area contributed by atoms with Gasteiger partial charge in [-0.3, -0.25) is 4.79 Å². The van der Waals surface area contributed by atoms with Crippen LogP contribution in [0.3, 0.4) is 0 Å². The molecule has 0 unspecified atom stereocenters. The molecule has 2 aromatic carbocycles. The summed E-state index contributed by atoms with van der Waals surface area (Å²) in [7, 11) is 0. The lowest BCUT2D eigenvalue weighted by Crippen LogP contribution is -2.37. The number of benzene rings is 2. The van der Waals surface area contributed by atoms with Crippen LogP contribution < -0.4 is 9.64 Å². The molecule has 0 bridgehead atoms. The number of aromatic nitrogens is 1. The van der Waals surface area contributed by atoms with Gasteiger partial charge in [-0.05, 0) is 67.3 Å². The lowest BCUT2D eigenvalue weighted by atomic mass is 9.97. The predicted octanol–water partition coefficient (Wildman–Crippen LogP) is 5.58. The van der Waals surface area contributed by atoms with Gasteiger partial charge < -0.3 is 14.4 Å². The van der Waals surface area contributed by atoms with E-state index in [-0.39, 0.29) is 17.6 Å². The molecule has 0 spiro atoms. The predicted molar refractivity (Wildman–Crippen MR) is 115 cm³/mol. The fraction of sp³-hybridized carbons (Fsp3) is 0.333. The van der Waals surface area contributed by atoms with Crippen LogP contribution in [0.25, 0.3) is 22.0 Å². The number of esters is 1. The van der Waals surface area contributed by atoms with Crippen LogP contribution >= 0.6 is 0 Å². The number of fused-ring (bicyclic) bond motifs is 1. The zero-order chi connectivity index (χ0) is 22.7. The number of halogens is 3. The van der Waals surface area contributed by atoms with Gasteiger partial charge in [-0.25, -0.2) is 4.98 Å². The van der Waals surface area contributed by atoms with Crippen LogP contribution in [0.5, 0.6) is 5.75 Å². The molecule has 4 rings (SSSR count). The van der Waals surface area contributed by atoms with Gasteiger partial charge >= 0.3 is 12.3 Å². The van der Waals surface area contributed by atoms with Crippen LogP contribution in [0.2, 0.25) is 0 Å². The van der Waals surface area contributed by atoms with Crippen molar-refractivity contribution in [3.8, 4) is 16.9 Å². The van der Waals surface area contributed by atoms with E-state index in [1.807, 2.05) is 37.3 Å². The summed E-state index contributed by atoms with van der Waals surface area (Å²) in [4.78, 5) is 18.8. The molecular weight excluding hydrogens is 421 g/mol. The molecule has 0 aliphatic carbocycles. The topological polar surface area (TPSA) is 51.7 Å². The molecule has 2 heterocycles. The highest BCUT2D eigenvalue weighted by Crippen LogP contribution is 2.31. The van der Waals surface area contributed by atoms with Crippen LogP contribution in [0, 0.1) is 5.92 Å². The van der Waals surface area contributed by atoms with Crippen molar-refractivity contribution in [3.63, 3.8) is 0 Å². The average molecular weight is 444 g/mol. The Morgan fingerprint density at radius 2 is 1.81 bits per heavy atom. The van der Waals surface area contributed by atoms with Gasteiger partial charge in [0.15, 0.2) is 0 Å². The second kappa shape index (κ2) is 9.06.